The molecule has 4 rings (SSSR count). The van der Waals surface area contributed by atoms with E-state index in [1.807, 2.05) is 48.3 Å². The van der Waals surface area contributed by atoms with Crippen molar-refractivity contribution in [2.75, 3.05) is 20.7 Å². The number of aryl methyl sites for hydroxylation is 1. The van der Waals surface area contributed by atoms with Crippen molar-refractivity contribution < 1.29 is 13.9 Å². The summed E-state index contributed by atoms with van der Waals surface area (Å²) >= 11 is 0. The maximum Gasteiger partial charge on any atom is 0.257 e. The highest BCUT2D eigenvalue weighted by Gasteiger charge is 2.35. The molecule has 0 saturated heterocycles. The number of benzene rings is 2. The van der Waals surface area contributed by atoms with Crippen LogP contribution >= 0.6 is 0 Å². The third-order valence-corrected chi connectivity index (χ3v) is 5.44. The molecule has 0 N–H and O–H groups in total. The zero-order valence-electron chi connectivity index (χ0n) is 18.1. The molecule has 6 nitrogen and oxygen atoms in total. The Kier molecular flexibility index (Phi) is 6.18. The van der Waals surface area contributed by atoms with Gasteiger partial charge in [0, 0.05) is 13.0 Å². The van der Waals surface area contributed by atoms with E-state index in [2.05, 4.69) is 31.2 Å². The molecule has 31 heavy (non-hydrogen) atoms. The number of hydrogen-bond acceptors (Lipinski definition) is 5. The molecular formula is C25H27N3O3. The highest BCUT2D eigenvalue weighted by Crippen LogP contribution is 2.33. The molecule has 3 aromatic rings. The Morgan fingerprint density at radius 3 is 2.55 bits per heavy atom. The first-order valence-electron chi connectivity index (χ1n) is 10.3. The van der Waals surface area contributed by atoms with E-state index in [0.717, 1.165) is 28.3 Å². The molecule has 1 aromatic heterocycles. The lowest BCUT2D eigenvalue weighted by Gasteiger charge is -2.23. The van der Waals surface area contributed by atoms with Crippen LogP contribution in [0.25, 0.3) is 0 Å². The van der Waals surface area contributed by atoms with Gasteiger partial charge in [-0.3, -0.25) is 9.69 Å². The van der Waals surface area contributed by atoms with Crippen molar-refractivity contribution >= 4 is 11.6 Å². The minimum Gasteiger partial charge on any atom is -0.497 e. The minimum absolute atomic E-state index is 0.0560. The molecule has 0 bridgehead atoms. The highest BCUT2D eigenvalue weighted by molar-refractivity contribution is 6.03. The molecule has 1 amide bonds. The van der Waals surface area contributed by atoms with Crippen molar-refractivity contribution in [2.24, 2.45) is 5.10 Å². The number of carbonyl (C=O) groups is 1. The van der Waals surface area contributed by atoms with Gasteiger partial charge in [-0.1, -0.05) is 42.0 Å². The minimum atomic E-state index is -0.229. The van der Waals surface area contributed by atoms with E-state index in [-0.39, 0.29) is 18.5 Å². The van der Waals surface area contributed by atoms with Crippen molar-refractivity contribution in [3.63, 3.8) is 0 Å². The number of carbonyl (C=O) groups excluding carboxylic acids is 1. The summed E-state index contributed by atoms with van der Waals surface area (Å²) < 4.78 is 10.8. The topological polar surface area (TPSA) is 58.3 Å². The number of rotatable bonds is 7. The van der Waals surface area contributed by atoms with Gasteiger partial charge in [-0.15, -0.1) is 0 Å². The maximum atomic E-state index is 13.2. The summed E-state index contributed by atoms with van der Waals surface area (Å²) in [5, 5.41) is 6.29. The van der Waals surface area contributed by atoms with Gasteiger partial charge in [0.15, 0.2) is 0 Å². The Morgan fingerprint density at radius 2 is 1.90 bits per heavy atom. The van der Waals surface area contributed by atoms with Crippen LogP contribution in [0, 0.1) is 6.92 Å². The highest BCUT2D eigenvalue weighted by atomic mass is 16.5. The normalized spacial score (nSPS) is 15.9. The molecule has 1 aliphatic heterocycles. The average molecular weight is 418 g/mol. The molecule has 0 aliphatic carbocycles. The number of amides is 1. The molecule has 1 atom stereocenters. The lowest BCUT2D eigenvalue weighted by atomic mass is 10.0. The molecule has 1 aliphatic rings. The van der Waals surface area contributed by atoms with E-state index in [1.54, 1.807) is 18.4 Å². The Hall–Kier alpha value is -3.38. The van der Waals surface area contributed by atoms with Gasteiger partial charge >= 0.3 is 0 Å². The van der Waals surface area contributed by atoms with E-state index in [0.29, 0.717) is 13.0 Å². The molecule has 0 fully saturated rings. The van der Waals surface area contributed by atoms with E-state index in [9.17, 15) is 4.79 Å². The first kappa shape index (κ1) is 20.9. The number of likely N-dealkylation sites (N-methyl/N-ethyl adjacent to an activating group) is 1. The van der Waals surface area contributed by atoms with Gasteiger partial charge in [-0.25, -0.2) is 5.01 Å². The van der Waals surface area contributed by atoms with Crippen LogP contribution in [-0.2, 0) is 11.3 Å². The van der Waals surface area contributed by atoms with E-state index in [1.165, 1.54) is 5.56 Å². The van der Waals surface area contributed by atoms with Gasteiger partial charge in [-0.05, 0) is 49.4 Å². The number of nitrogens with zero attached hydrogens (tertiary/aromatic N) is 3. The predicted molar refractivity (Wildman–Crippen MR) is 120 cm³/mol. The van der Waals surface area contributed by atoms with Gasteiger partial charge in [0.25, 0.3) is 5.91 Å². The quantitative estimate of drug-likeness (QED) is 0.572. The fourth-order valence-electron chi connectivity index (χ4n) is 3.77. The third kappa shape index (κ3) is 4.86. The predicted octanol–water partition coefficient (Wildman–Crippen LogP) is 4.41. The van der Waals surface area contributed by atoms with Crippen LogP contribution in [0.5, 0.6) is 5.75 Å². The number of methoxy groups -OCH3 is 1. The summed E-state index contributed by atoms with van der Waals surface area (Å²) in [7, 11) is 3.58. The molecule has 0 radical (unpaired) electrons. The van der Waals surface area contributed by atoms with Gasteiger partial charge < -0.3 is 9.15 Å². The Bertz CT molecular complexity index is 1040. The first-order chi connectivity index (χ1) is 15.0. The van der Waals surface area contributed by atoms with E-state index in [4.69, 9.17) is 14.3 Å². The standard InChI is InChI=1S/C25H27N3O3/c1-18-6-10-20(11-7-18)22-15-23(24-5-4-14-31-24)28(26-22)25(29)17-27(2)16-19-8-12-21(30-3)13-9-19/h4-14,23H,15-17H2,1-3H3/t23-/m1/s1. The van der Waals surface area contributed by atoms with Gasteiger partial charge in [0.05, 0.1) is 25.6 Å². The smallest absolute Gasteiger partial charge is 0.257 e. The second kappa shape index (κ2) is 9.18. The zero-order valence-corrected chi connectivity index (χ0v) is 18.1. The third-order valence-electron chi connectivity index (χ3n) is 5.44. The van der Waals surface area contributed by atoms with Gasteiger partial charge in [-0.2, -0.15) is 5.10 Å². The second-order valence-electron chi connectivity index (χ2n) is 7.91. The molecule has 0 unspecified atom stereocenters. The summed E-state index contributed by atoms with van der Waals surface area (Å²) in [6, 6.07) is 19.6. The van der Waals surface area contributed by atoms with Crippen molar-refractivity contribution in [3.05, 3.63) is 89.4 Å². The van der Waals surface area contributed by atoms with Crippen molar-refractivity contribution in [1.82, 2.24) is 9.91 Å². The molecule has 6 heteroatoms. The number of ether oxygens (including phenoxy) is 1. The Labute approximate surface area is 182 Å². The number of hydrazone groups is 1. The molecule has 0 saturated carbocycles. The summed E-state index contributed by atoms with van der Waals surface area (Å²) in [5.74, 6) is 1.51. The number of hydrogen-bond donors (Lipinski definition) is 0. The van der Waals surface area contributed by atoms with Crippen LogP contribution in [0.1, 0.15) is 34.9 Å². The monoisotopic (exact) mass is 417 g/mol. The van der Waals surface area contributed by atoms with Crippen LogP contribution in [0.4, 0.5) is 0 Å². The number of furan rings is 1. The van der Waals surface area contributed by atoms with Crippen molar-refractivity contribution in [1.29, 1.82) is 0 Å². The molecule has 2 heterocycles. The molecule has 2 aromatic carbocycles. The lowest BCUT2D eigenvalue weighted by molar-refractivity contribution is -0.134. The fraction of sp³-hybridized carbons (Fsp3) is 0.280. The van der Waals surface area contributed by atoms with Crippen LogP contribution in [0.3, 0.4) is 0 Å². The van der Waals surface area contributed by atoms with Crippen LogP contribution in [0.2, 0.25) is 0 Å². The van der Waals surface area contributed by atoms with Gasteiger partial charge in [0.2, 0.25) is 0 Å². The summed E-state index contributed by atoms with van der Waals surface area (Å²) in [5.41, 5.74) is 4.23. The van der Waals surface area contributed by atoms with Gasteiger partial charge in [0.1, 0.15) is 17.6 Å². The molecule has 160 valence electrons. The van der Waals surface area contributed by atoms with Crippen LogP contribution in [0.15, 0.2) is 76.4 Å². The lowest BCUT2D eigenvalue weighted by Crippen LogP contribution is -2.36. The van der Waals surface area contributed by atoms with Crippen molar-refractivity contribution in [2.45, 2.75) is 25.9 Å². The SMILES string of the molecule is COc1ccc(CN(C)CC(=O)N2N=C(c3ccc(C)cc3)C[C@@H]2c2ccco2)cc1. The fourth-order valence-corrected chi connectivity index (χ4v) is 3.77. The zero-order chi connectivity index (χ0) is 21.8. The maximum absolute atomic E-state index is 13.2. The van der Waals surface area contributed by atoms with Crippen LogP contribution < -0.4 is 4.74 Å². The van der Waals surface area contributed by atoms with Crippen molar-refractivity contribution in [3.8, 4) is 5.75 Å². The van der Waals surface area contributed by atoms with Crippen LogP contribution in [-0.4, -0.2) is 42.2 Å². The average Bonchev–Trinajstić information content (AvgIpc) is 3.45. The Balaban J connectivity index is 1.49. The molecule has 0 spiro atoms. The first-order valence-corrected chi connectivity index (χ1v) is 10.3. The second-order valence-corrected chi connectivity index (χ2v) is 7.91. The summed E-state index contributed by atoms with van der Waals surface area (Å²) in [6.07, 6.45) is 2.27. The molecular weight excluding hydrogens is 390 g/mol. The largest absolute Gasteiger partial charge is 0.497 e. The van der Waals surface area contributed by atoms with E-state index >= 15 is 0 Å². The van der Waals surface area contributed by atoms with E-state index < -0.39 is 0 Å². The Morgan fingerprint density at radius 1 is 1.16 bits per heavy atom. The summed E-state index contributed by atoms with van der Waals surface area (Å²) in [4.78, 5) is 15.2. The summed E-state index contributed by atoms with van der Waals surface area (Å²) in [6.45, 7) is 2.97.